The van der Waals surface area contributed by atoms with Crippen LogP contribution in [0.4, 0.5) is 4.39 Å². The molecule has 1 aromatic heterocycles. The fourth-order valence-electron chi connectivity index (χ4n) is 1.55. The summed E-state index contributed by atoms with van der Waals surface area (Å²) < 4.78 is 15.4. The molecule has 2 aromatic rings. The Hall–Kier alpha value is -1.16. The lowest BCUT2D eigenvalue weighted by molar-refractivity contribution is 0.111. The van der Waals surface area contributed by atoms with Crippen molar-refractivity contribution in [2.75, 3.05) is 0 Å². The van der Waals surface area contributed by atoms with Crippen LogP contribution in [0, 0.1) is 5.82 Å². The van der Waals surface area contributed by atoms with Gasteiger partial charge in [0.2, 0.25) is 0 Å². The summed E-state index contributed by atoms with van der Waals surface area (Å²) in [6.45, 7) is 0. The minimum Gasteiger partial charge on any atom is -0.341 e. The molecule has 0 atom stereocenters. The Kier molecular flexibility index (Phi) is 2.15. The molecular formula is C10H7BrFNO. The van der Waals surface area contributed by atoms with Crippen molar-refractivity contribution >= 4 is 33.1 Å². The van der Waals surface area contributed by atoms with Gasteiger partial charge in [-0.1, -0.05) is 0 Å². The average molecular weight is 256 g/mol. The normalized spacial score (nSPS) is 10.8. The minimum atomic E-state index is -0.313. The first-order valence-electron chi connectivity index (χ1n) is 4.03. The summed E-state index contributed by atoms with van der Waals surface area (Å²) in [7, 11) is 1.77. The number of halogens is 2. The predicted octanol–water partition coefficient (Wildman–Crippen LogP) is 2.89. The van der Waals surface area contributed by atoms with Crippen LogP contribution in [-0.4, -0.2) is 10.9 Å². The van der Waals surface area contributed by atoms with Gasteiger partial charge in [0.15, 0.2) is 6.29 Å². The molecule has 72 valence electrons. The second-order valence-electron chi connectivity index (χ2n) is 3.07. The molecule has 0 aliphatic heterocycles. The van der Waals surface area contributed by atoms with Crippen molar-refractivity contribution in [3.63, 3.8) is 0 Å². The highest BCUT2D eigenvalue weighted by atomic mass is 79.9. The number of benzene rings is 1. The van der Waals surface area contributed by atoms with Gasteiger partial charge in [-0.15, -0.1) is 0 Å². The topological polar surface area (TPSA) is 22.0 Å². The summed E-state index contributed by atoms with van der Waals surface area (Å²) in [6.07, 6.45) is 0.754. The molecule has 4 heteroatoms. The van der Waals surface area contributed by atoms with Crippen molar-refractivity contribution in [1.82, 2.24) is 4.57 Å². The van der Waals surface area contributed by atoms with Crippen molar-refractivity contribution in [3.05, 3.63) is 34.2 Å². The average Bonchev–Trinajstić information content (AvgIpc) is 2.42. The van der Waals surface area contributed by atoms with Gasteiger partial charge >= 0.3 is 0 Å². The van der Waals surface area contributed by atoms with E-state index in [0.29, 0.717) is 10.2 Å². The molecule has 0 bridgehead atoms. The van der Waals surface area contributed by atoms with E-state index in [4.69, 9.17) is 0 Å². The van der Waals surface area contributed by atoms with Crippen LogP contribution < -0.4 is 0 Å². The third kappa shape index (κ3) is 1.26. The van der Waals surface area contributed by atoms with Crippen LogP contribution in [0.2, 0.25) is 0 Å². The van der Waals surface area contributed by atoms with Crippen molar-refractivity contribution in [3.8, 4) is 0 Å². The summed E-state index contributed by atoms with van der Waals surface area (Å²) in [4.78, 5) is 10.7. The molecular weight excluding hydrogens is 249 g/mol. The zero-order valence-corrected chi connectivity index (χ0v) is 9.01. The Morgan fingerprint density at radius 2 is 2.14 bits per heavy atom. The van der Waals surface area contributed by atoms with Crippen molar-refractivity contribution in [1.29, 1.82) is 0 Å². The first-order valence-corrected chi connectivity index (χ1v) is 4.82. The van der Waals surface area contributed by atoms with E-state index in [1.165, 1.54) is 12.1 Å². The molecule has 2 nitrogen and oxygen atoms in total. The summed E-state index contributed by atoms with van der Waals surface area (Å²) in [5.41, 5.74) is 1.36. The second kappa shape index (κ2) is 3.20. The van der Waals surface area contributed by atoms with Crippen LogP contribution in [0.15, 0.2) is 22.7 Å². The van der Waals surface area contributed by atoms with E-state index in [1.807, 2.05) is 0 Å². The summed E-state index contributed by atoms with van der Waals surface area (Å²) in [5, 5.41) is 0.724. The molecule has 0 saturated heterocycles. The molecule has 0 spiro atoms. The highest BCUT2D eigenvalue weighted by Crippen LogP contribution is 2.27. The molecule has 0 radical (unpaired) electrons. The number of aromatic nitrogens is 1. The number of fused-ring (bicyclic) bond motifs is 1. The van der Waals surface area contributed by atoms with E-state index in [-0.39, 0.29) is 5.82 Å². The Bertz CT molecular complexity index is 518. The highest BCUT2D eigenvalue weighted by Gasteiger charge is 2.09. The zero-order valence-electron chi connectivity index (χ0n) is 7.42. The van der Waals surface area contributed by atoms with Gasteiger partial charge < -0.3 is 4.57 Å². The number of hydrogen-bond donors (Lipinski definition) is 0. The molecule has 1 heterocycles. The molecule has 0 saturated carbocycles. The van der Waals surface area contributed by atoms with Crippen LogP contribution in [0.5, 0.6) is 0 Å². The molecule has 0 amide bonds. The predicted molar refractivity (Wildman–Crippen MR) is 56.0 cm³/mol. The van der Waals surface area contributed by atoms with Crippen molar-refractivity contribution in [2.45, 2.75) is 0 Å². The van der Waals surface area contributed by atoms with Crippen LogP contribution >= 0.6 is 15.9 Å². The van der Waals surface area contributed by atoms with E-state index in [0.717, 1.165) is 17.2 Å². The Balaban J connectivity index is 2.92. The fraction of sp³-hybridized carbons (Fsp3) is 0.100. The largest absolute Gasteiger partial charge is 0.341 e. The number of aryl methyl sites for hydroxylation is 1. The van der Waals surface area contributed by atoms with E-state index in [2.05, 4.69) is 15.9 Å². The van der Waals surface area contributed by atoms with E-state index in [1.54, 1.807) is 17.7 Å². The van der Waals surface area contributed by atoms with Gasteiger partial charge in [-0.25, -0.2) is 4.39 Å². The van der Waals surface area contributed by atoms with Gasteiger partial charge in [0.05, 0.1) is 11.2 Å². The number of rotatable bonds is 1. The molecule has 0 aliphatic rings. The third-order valence-electron chi connectivity index (χ3n) is 2.20. The zero-order chi connectivity index (χ0) is 10.3. The Morgan fingerprint density at radius 3 is 2.79 bits per heavy atom. The summed E-state index contributed by atoms with van der Waals surface area (Å²) >= 11 is 3.26. The quantitative estimate of drug-likeness (QED) is 0.719. The van der Waals surface area contributed by atoms with Crippen molar-refractivity contribution in [2.24, 2.45) is 7.05 Å². The first-order chi connectivity index (χ1) is 6.63. The summed E-state index contributed by atoms with van der Waals surface area (Å²) in [5.74, 6) is -0.313. The monoisotopic (exact) mass is 255 g/mol. The van der Waals surface area contributed by atoms with Gasteiger partial charge in [0, 0.05) is 16.9 Å². The van der Waals surface area contributed by atoms with Crippen LogP contribution in [0.3, 0.4) is 0 Å². The fourth-order valence-corrected chi connectivity index (χ4v) is 2.26. The Labute approximate surface area is 88.5 Å². The Morgan fingerprint density at radius 1 is 1.43 bits per heavy atom. The van der Waals surface area contributed by atoms with E-state index >= 15 is 0 Å². The standard InChI is InChI=1S/C10H7BrFNO/c1-13-8(5-14)3-6-2-7(12)4-9(11)10(6)13/h2-5H,1H3. The molecule has 14 heavy (non-hydrogen) atoms. The molecule has 0 aliphatic carbocycles. The highest BCUT2D eigenvalue weighted by molar-refractivity contribution is 9.10. The number of carbonyl (C=O) groups excluding carboxylic acids is 1. The second-order valence-corrected chi connectivity index (χ2v) is 3.93. The first kappa shape index (κ1) is 9.40. The number of carbonyl (C=O) groups is 1. The van der Waals surface area contributed by atoms with Gasteiger partial charge in [-0.2, -0.15) is 0 Å². The molecule has 1 aromatic carbocycles. The number of nitrogens with zero attached hydrogens (tertiary/aromatic N) is 1. The van der Waals surface area contributed by atoms with Gasteiger partial charge in [0.1, 0.15) is 5.82 Å². The van der Waals surface area contributed by atoms with E-state index < -0.39 is 0 Å². The lowest BCUT2D eigenvalue weighted by Crippen LogP contribution is -1.93. The molecule has 0 unspecified atom stereocenters. The van der Waals surface area contributed by atoms with Crippen LogP contribution in [0.1, 0.15) is 10.5 Å². The third-order valence-corrected chi connectivity index (χ3v) is 2.81. The number of aldehydes is 1. The van der Waals surface area contributed by atoms with Crippen molar-refractivity contribution < 1.29 is 9.18 Å². The van der Waals surface area contributed by atoms with E-state index in [9.17, 15) is 9.18 Å². The van der Waals surface area contributed by atoms with Gasteiger partial charge in [-0.3, -0.25) is 4.79 Å². The minimum absolute atomic E-state index is 0.313. The lowest BCUT2D eigenvalue weighted by Gasteiger charge is -2.00. The van der Waals surface area contributed by atoms with Gasteiger partial charge in [0.25, 0.3) is 0 Å². The summed E-state index contributed by atoms with van der Waals surface area (Å²) in [6, 6.07) is 4.46. The molecule has 2 rings (SSSR count). The van der Waals surface area contributed by atoms with Gasteiger partial charge in [-0.05, 0) is 34.1 Å². The smallest absolute Gasteiger partial charge is 0.166 e. The lowest BCUT2D eigenvalue weighted by atomic mass is 10.2. The maximum Gasteiger partial charge on any atom is 0.166 e. The SMILES string of the molecule is Cn1c(C=O)cc2cc(F)cc(Br)c21. The van der Waals surface area contributed by atoms with Crippen LogP contribution in [-0.2, 0) is 7.05 Å². The number of hydrogen-bond acceptors (Lipinski definition) is 1. The maximum absolute atomic E-state index is 13.0. The van der Waals surface area contributed by atoms with Crippen LogP contribution in [0.25, 0.3) is 10.9 Å². The maximum atomic E-state index is 13.0. The molecule has 0 fully saturated rings. The molecule has 0 N–H and O–H groups in total.